The smallest absolute Gasteiger partial charge is 0.222 e. The molecule has 20 heavy (non-hydrogen) atoms. The highest BCUT2D eigenvalue weighted by Crippen LogP contribution is 2.33. The maximum Gasteiger partial charge on any atom is 0.222 e. The molecular formula is C15H23N5. The van der Waals surface area contributed by atoms with Gasteiger partial charge in [0.15, 0.2) is 0 Å². The summed E-state index contributed by atoms with van der Waals surface area (Å²) < 4.78 is 0. The van der Waals surface area contributed by atoms with Gasteiger partial charge in [0.25, 0.3) is 0 Å². The summed E-state index contributed by atoms with van der Waals surface area (Å²) in [6.45, 7) is 4.60. The van der Waals surface area contributed by atoms with Crippen molar-refractivity contribution in [3.05, 3.63) is 11.8 Å². The molecule has 0 aromatic carbocycles. The molecule has 5 nitrogen and oxygen atoms in total. The zero-order valence-corrected chi connectivity index (χ0v) is 12.0. The van der Waals surface area contributed by atoms with Crippen LogP contribution in [0, 0.1) is 5.92 Å². The molecular weight excluding hydrogens is 250 g/mol. The summed E-state index contributed by atoms with van der Waals surface area (Å²) in [7, 11) is 0. The molecule has 0 bridgehead atoms. The molecule has 0 amide bonds. The number of nitrogen functional groups attached to an aromatic ring is 1. The van der Waals surface area contributed by atoms with Crippen molar-refractivity contribution in [2.75, 3.05) is 36.8 Å². The summed E-state index contributed by atoms with van der Waals surface area (Å²) in [6.07, 6.45) is 6.44. The van der Waals surface area contributed by atoms with Crippen molar-refractivity contribution in [2.24, 2.45) is 5.92 Å². The quantitative estimate of drug-likeness (QED) is 0.899. The van der Waals surface area contributed by atoms with Crippen molar-refractivity contribution in [1.82, 2.24) is 14.9 Å². The molecule has 108 valence electrons. The Morgan fingerprint density at radius 2 is 2.05 bits per heavy atom. The average Bonchev–Trinajstić information content (AvgIpc) is 3.12. The highest BCUT2D eigenvalue weighted by molar-refractivity contribution is 5.44. The fourth-order valence-electron chi connectivity index (χ4n) is 3.59. The molecule has 2 aliphatic heterocycles. The van der Waals surface area contributed by atoms with Gasteiger partial charge < -0.3 is 10.6 Å². The second-order valence-electron chi connectivity index (χ2n) is 6.50. The van der Waals surface area contributed by atoms with E-state index < -0.39 is 0 Å². The molecule has 1 aromatic heterocycles. The van der Waals surface area contributed by atoms with Gasteiger partial charge in [0.2, 0.25) is 5.95 Å². The third-order valence-electron chi connectivity index (χ3n) is 4.89. The fraction of sp³-hybridized carbons (Fsp3) is 0.733. The van der Waals surface area contributed by atoms with Crippen molar-refractivity contribution in [2.45, 2.75) is 38.1 Å². The van der Waals surface area contributed by atoms with Crippen LogP contribution in [-0.2, 0) is 6.42 Å². The van der Waals surface area contributed by atoms with Crippen LogP contribution in [0.3, 0.4) is 0 Å². The predicted molar refractivity (Wildman–Crippen MR) is 79.7 cm³/mol. The number of hydrogen-bond donors (Lipinski definition) is 1. The summed E-state index contributed by atoms with van der Waals surface area (Å²) in [5.41, 5.74) is 7.04. The van der Waals surface area contributed by atoms with Gasteiger partial charge in [-0.1, -0.05) is 0 Å². The number of fused-ring (bicyclic) bond motifs is 1. The Balaban J connectivity index is 1.53. The average molecular weight is 273 g/mol. The van der Waals surface area contributed by atoms with E-state index in [2.05, 4.69) is 25.8 Å². The van der Waals surface area contributed by atoms with Crippen LogP contribution in [0.4, 0.5) is 11.8 Å². The Morgan fingerprint density at radius 3 is 2.90 bits per heavy atom. The zero-order chi connectivity index (χ0) is 13.5. The Morgan fingerprint density at radius 1 is 1.15 bits per heavy atom. The Labute approximate surface area is 120 Å². The van der Waals surface area contributed by atoms with E-state index in [0.717, 1.165) is 43.5 Å². The standard InChI is InChI=1S/C15H23N5/c16-15-17-12(8-11-3-4-11)9-14(18-15)20-7-6-19-5-1-2-13(19)10-20/h9,11,13H,1-8,10H2,(H2,16,17,18). The lowest BCUT2D eigenvalue weighted by atomic mass is 10.1. The van der Waals surface area contributed by atoms with E-state index in [1.807, 2.05) is 0 Å². The highest BCUT2D eigenvalue weighted by atomic mass is 15.3. The van der Waals surface area contributed by atoms with Crippen LogP contribution in [0.1, 0.15) is 31.4 Å². The predicted octanol–water partition coefficient (Wildman–Crippen LogP) is 1.30. The largest absolute Gasteiger partial charge is 0.368 e. The molecule has 0 spiro atoms. The first kappa shape index (κ1) is 12.4. The summed E-state index contributed by atoms with van der Waals surface area (Å²) in [5.74, 6) is 2.32. The second kappa shape index (κ2) is 4.88. The number of nitrogens with zero attached hydrogens (tertiary/aromatic N) is 4. The maximum atomic E-state index is 5.91. The van der Waals surface area contributed by atoms with Crippen LogP contribution in [0.15, 0.2) is 6.07 Å². The van der Waals surface area contributed by atoms with Crippen molar-refractivity contribution >= 4 is 11.8 Å². The molecule has 1 atom stereocenters. The van der Waals surface area contributed by atoms with Gasteiger partial charge in [0, 0.05) is 37.4 Å². The molecule has 1 unspecified atom stereocenters. The molecule has 0 radical (unpaired) electrons. The summed E-state index contributed by atoms with van der Waals surface area (Å²) >= 11 is 0. The third kappa shape index (κ3) is 2.46. The monoisotopic (exact) mass is 273 g/mol. The number of aromatic nitrogens is 2. The van der Waals surface area contributed by atoms with Gasteiger partial charge in [-0.2, -0.15) is 4.98 Å². The maximum absolute atomic E-state index is 5.91. The lowest BCUT2D eigenvalue weighted by molar-refractivity contribution is 0.230. The van der Waals surface area contributed by atoms with Gasteiger partial charge in [-0.15, -0.1) is 0 Å². The van der Waals surface area contributed by atoms with Gasteiger partial charge >= 0.3 is 0 Å². The minimum Gasteiger partial charge on any atom is -0.368 e. The molecule has 3 fully saturated rings. The minimum absolute atomic E-state index is 0.437. The highest BCUT2D eigenvalue weighted by Gasteiger charge is 2.31. The van der Waals surface area contributed by atoms with E-state index in [-0.39, 0.29) is 0 Å². The zero-order valence-electron chi connectivity index (χ0n) is 12.0. The van der Waals surface area contributed by atoms with Crippen LogP contribution in [-0.4, -0.2) is 47.1 Å². The van der Waals surface area contributed by atoms with Crippen molar-refractivity contribution < 1.29 is 0 Å². The number of rotatable bonds is 3. The normalized spacial score (nSPS) is 26.8. The first-order chi connectivity index (χ1) is 9.78. The topological polar surface area (TPSA) is 58.3 Å². The van der Waals surface area contributed by atoms with E-state index in [1.54, 1.807) is 0 Å². The first-order valence-electron chi connectivity index (χ1n) is 7.90. The number of hydrogen-bond acceptors (Lipinski definition) is 5. The second-order valence-corrected chi connectivity index (χ2v) is 6.50. The molecule has 3 heterocycles. The lowest BCUT2D eigenvalue weighted by Gasteiger charge is -2.38. The number of anilines is 2. The van der Waals surface area contributed by atoms with E-state index >= 15 is 0 Å². The summed E-state index contributed by atoms with van der Waals surface area (Å²) in [4.78, 5) is 13.9. The fourth-order valence-corrected chi connectivity index (χ4v) is 3.59. The Bertz CT molecular complexity index is 499. The molecule has 2 N–H and O–H groups in total. The first-order valence-corrected chi connectivity index (χ1v) is 7.90. The van der Waals surface area contributed by atoms with Gasteiger partial charge in [0.1, 0.15) is 5.82 Å². The van der Waals surface area contributed by atoms with E-state index in [4.69, 9.17) is 5.73 Å². The third-order valence-corrected chi connectivity index (χ3v) is 4.89. The van der Waals surface area contributed by atoms with Crippen molar-refractivity contribution in [3.8, 4) is 0 Å². The van der Waals surface area contributed by atoms with Gasteiger partial charge in [-0.25, -0.2) is 4.98 Å². The lowest BCUT2D eigenvalue weighted by Crippen LogP contribution is -2.50. The van der Waals surface area contributed by atoms with Gasteiger partial charge in [-0.05, 0) is 44.6 Å². The molecule has 1 aliphatic carbocycles. The molecule has 2 saturated heterocycles. The molecule has 5 heteroatoms. The molecule has 4 rings (SSSR count). The van der Waals surface area contributed by atoms with Crippen LogP contribution in [0.25, 0.3) is 0 Å². The summed E-state index contributed by atoms with van der Waals surface area (Å²) in [5, 5.41) is 0. The number of nitrogens with two attached hydrogens (primary N) is 1. The van der Waals surface area contributed by atoms with Gasteiger partial charge in [0.05, 0.1) is 0 Å². The van der Waals surface area contributed by atoms with Crippen LogP contribution in [0.2, 0.25) is 0 Å². The minimum atomic E-state index is 0.437. The van der Waals surface area contributed by atoms with Crippen molar-refractivity contribution in [3.63, 3.8) is 0 Å². The van der Waals surface area contributed by atoms with Crippen molar-refractivity contribution in [1.29, 1.82) is 0 Å². The van der Waals surface area contributed by atoms with Crippen LogP contribution in [0.5, 0.6) is 0 Å². The van der Waals surface area contributed by atoms with Gasteiger partial charge in [-0.3, -0.25) is 4.90 Å². The summed E-state index contributed by atoms with van der Waals surface area (Å²) in [6, 6.07) is 2.88. The Hall–Kier alpha value is -1.36. The van der Waals surface area contributed by atoms with Crippen LogP contribution >= 0.6 is 0 Å². The molecule has 1 aromatic rings. The van der Waals surface area contributed by atoms with E-state index in [9.17, 15) is 0 Å². The van der Waals surface area contributed by atoms with E-state index in [1.165, 1.54) is 32.2 Å². The number of piperazine rings is 1. The van der Waals surface area contributed by atoms with Crippen LogP contribution < -0.4 is 10.6 Å². The van der Waals surface area contributed by atoms with E-state index in [0.29, 0.717) is 12.0 Å². The Kier molecular flexibility index (Phi) is 3.02. The molecule has 1 saturated carbocycles. The molecule has 3 aliphatic rings. The SMILES string of the molecule is Nc1nc(CC2CC2)cc(N2CCN3CCCC3C2)n1.